The summed E-state index contributed by atoms with van der Waals surface area (Å²) >= 11 is 0. The highest BCUT2D eigenvalue weighted by molar-refractivity contribution is 7.90. The van der Waals surface area contributed by atoms with Crippen molar-refractivity contribution in [2.24, 2.45) is 11.7 Å². The molecule has 1 rings (SSSR count). The molecule has 1 fully saturated rings. The van der Waals surface area contributed by atoms with Crippen LogP contribution >= 0.6 is 0 Å². The van der Waals surface area contributed by atoms with Crippen molar-refractivity contribution in [2.75, 3.05) is 26.3 Å². The number of hydrogen-bond donors (Lipinski definition) is 2. The molecule has 0 aliphatic carbocycles. The number of sulfonamides is 1. The maximum atomic E-state index is 11.8. The van der Waals surface area contributed by atoms with Gasteiger partial charge in [-0.15, -0.1) is 0 Å². The number of nitrogens with two attached hydrogens (primary N) is 1. The van der Waals surface area contributed by atoms with Gasteiger partial charge in [-0.2, -0.15) is 0 Å². The van der Waals surface area contributed by atoms with E-state index >= 15 is 0 Å². The molecule has 1 aliphatic heterocycles. The van der Waals surface area contributed by atoms with E-state index in [0.717, 1.165) is 19.4 Å². The Kier molecular flexibility index (Phi) is 5.68. The van der Waals surface area contributed by atoms with Crippen LogP contribution in [-0.4, -0.2) is 40.0 Å². The Labute approximate surface area is 97.8 Å². The third kappa shape index (κ3) is 4.01. The molecular weight excluding hydrogens is 228 g/mol. The molecule has 0 aromatic rings. The average Bonchev–Trinajstić information content (AvgIpc) is 2.29. The monoisotopic (exact) mass is 250 g/mol. The van der Waals surface area contributed by atoms with E-state index in [1.807, 2.05) is 6.92 Å². The molecule has 3 N–H and O–H groups in total. The summed E-state index contributed by atoms with van der Waals surface area (Å²) in [7, 11) is -3.25. The Bertz CT molecular complexity index is 282. The molecule has 0 amide bonds. The van der Waals surface area contributed by atoms with Crippen molar-refractivity contribution in [3.05, 3.63) is 0 Å². The summed E-state index contributed by atoms with van der Waals surface area (Å²) in [5.41, 5.74) is 5.43. The van der Waals surface area contributed by atoms with Gasteiger partial charge in [0.05, 0.1) is 11.9 Å². The van der Waals surface area contributed by atoms with Gasteiger partial charge in [0.15, 0.2) is 0 Å². The lowest BCUT2D eigenvalue weighted by Gasteiger charge is -2.23. The molecule has 16 heavy (non-hydrogen) atoms. The van der Waals surface area contributed by atoms with Crippen molar-refractivity contribution < 1.29 is 13.2 Å². The van der Waals surface area contributed by atoms with E-state index in [2.05, 4.69) is 4.72 Å². The molecule has 1 saturated heterocycles. The van der Waals surface area contributed by atoms with Crippen LogP contribution in [-0.2, 0) is 14.8 Å². The Morgan fingerprint density at radius 1 is 1.56 bits per heavy atom. The summed E-state index contributed by atoms with van der Waals surface area (Å²) in [6.45, 7) is 3.93. The molecule has 0 aromatic heterocycles. The van der Waals surface area contributed by atoms with E-state index in [1.54, 1.807) is 0 Å². The Hall–Kier alpha value is -0.170. The van der Waals surface area contributed by atoms with E-state index in [0.29, 0.717) is 25.5 Å². The second-order valence-electron chi connectivity index (χ2n) is 4.24. The number of ether oxygens (including phenoxy) is 1. The van der Waals surface area contributed by atoms with Crippen molar-refractivity contribution >= 4 is 10.0 Å². The fourth-order valence-electron chi connectivity index (χ4n) is 1.83. The third-order valence-electron chi connectivity index (χ3n) is 2.98. The lowest BCUT2D eigenvalue weighted by molar-refractivity contribution is 0.0567. The van der Waals surface area contributed by atoms with Gasteiger partial charge in [-0.25, -0.2) is 13.1 Å². The van der Waals surface area contributed by atoms with Gasteiger partial charge in [0.1, 0.15) is 0 Å². The minimum absolute atomic E-state index is 0.174. The quantitative estimate of drug-likeness (QED) is 0.699. The molecule has 6 heteroatoms. The van der Waals surface area contributed by atoms with Gasteiger partial charge in [-0.05, 0) is 25.2 Å². The van der Waals surface area contributed by atoms with E-state index in [-0.39, 0.29) is 6.54 Å². The fourth-order valence-corrected chi connectivity index (χ4v) is 3.23. The standard InChI is InChI=1S/C10H22N2O3S/c1-2-10(6-11)16(13,14)12-7-9-4-3-5-15-8-9/h9-10,12H,2-8,11H2,1H3. The first-order valence-corrected chi connectivity index (χ1v) is 7.41. The summed E-state index contributed by atoms with van der Waals surface area (Å²) < 4.78 is 31.6. The molecule has 0 spiro atoms. The van der Waals surface area contributed by atoms with E-state index in [1.165, 1.54) is 0 Å². The normalized spacial score (nSPS) is 24.2. The van der Waals surface area contributed by atoms with Crippen molar-refractivity contribution in [1.82, 2.24) is 4.72 Å². The van der Waals surface area contributed by atoms with Gasteiger partial charge in [0.25, 0.3) is 0 Å². The molecule has 1 aliphatic rings. The molecule has 0 bridgehead atoms. The van der Waals surface area contributed by atoms with E-state index in [4.69, 9.17) is 10.5 Å². The first kappa shape index (κ1) is 13.9. The smallest absolute Gasteiger partial charge is 0.215 e. The van der Waals surface area contributed by atoms with Crippen LogP contribution in [0.1, 0.15) is 26.2 Å². The lowest BCUT2D eigenvalue weighted by Crippen LogP contribution is -2.41. The minimum Gasteiger partial charge on any atom is -0.381 e. The zero-order valence-electron chi connectivity index (χ0n) is 9.81. The Balaban J connectivity index is 2.40. The predicted molar refractivity (Wildman–Crippen MR) is 63.6 cm³/mol. The molecule has 2 unspecified atom stereocenters. The molecule has 0 radical (unpaired) electrons. The zero-order chi connectivity index (χ0) is 12.0. The topological polar surface area (TPSA) is 81.4 Å². The molecule has 0 saturated carbocycles. The minimum atomic E-state index is -3.25. The number of nitrogens with one attached hydrogen (secondary N) is 1. The molecule has 2 atom stereocenters. The largest absolute Gasteiger partial charge is 0.381 e. The summed E-state index contributed by atoms with van der Waals surface area (Å²) in [5, 5.41) is -0.475. The maximum Gasteiger partial charge on any atom is 0.215 e. The van der Waals surface area contributed by atoms with Gasteiger partial charge in [0, 0.05) is 19.7 Å². The second-order valence-corrected chi connectivity index (χ2v) is 6.29. The van der Waals surface area contributed by atoms with Crippen LogP contribution in [0.4, 0.5) is 0 Å². The highest BCUT2D eigenvalue weighted by Gasteiger charge is 2.23. The van der Waals surface area contributed by atoms with Crippen LogP contribution < -0.4 is 10.5 Å². The first-order chi connectivity index (χ1) is 7.60. The Morgan fingerprint density at radius 2 is 2.31 bits per heavy atom. The fraction of sp³-hybridized carbons (Fsp3) is 1.00. The number of hydrogen-bond acceptors (Lipinski definition) is 4. The summed E-state index contributed by atoms with van der Waals surface area (Å²) in [4.78, 5) is 0. The van der Waals surface area contributed by atoms with Gasteiger partial charge < -0.3 is 10.5 Å². The molecular formula is C10H22N2O3S. The summed E-state index contributed by atoms with van der Waals surface area (Å²) in [5.74, 6) is 0.304. The van der Waals surface area contributed by atoms with Gasteiger partial charge >= 0.3 is 0 Å². The van der Waals surface area contributed by atoms with E-state index in [9.17, 15) is 8.42 Å². The van der Waals surface area contributed by atoms with E-state index < -0.39 is 15.3 Å². The predicted octanol–water partition coefficient (Wildman–Crippen LogP) is 0.0697. The summed E-state index contributed by atoms with van der Waals surface area (Å²) in [6.07, 6.45) is 2.59. The Morgan fingerprint density at radius 3 is 2.81 bits per heavy atom. The van der Waals surface area contributed by atoms with Gasteiger partial charge in [0.2, 0.25) is 10.0 Å². The van der Waals surface area contributed by atoms with Crippen LogP contribution in [0, 0.1) is 5.92 Å². The third-order valence-corrected chi connectivity index (χ3v) is 4.96. The van der Waals surface area contributed by atoms with Gasteiger partial charge in [-0.3, -0.25) is 0 Å². The molecule has 96 valence electrons. The maximum absolute atomic E-state index is 11.8. The van der Waals surface area contributed by atoms with Crippen LogP contribution in [0.25, 0.3) is 0 Å². The first-order valence-electron chi connectivity index (χ1n) is 5.86. The van der Waals surface area contributed by atoms with Crippen molar-refractivity contribution in [2.45, 2.75) is 31.4 Å². The van der Waals surface area contributed by atoms with Crippen molar-refractivity contribution in [3.8, 4) is 0 Å². The second kappa shape index (κ2) is 6.54. The highest BCUT2D eigenvalue weighted by atomic mass is 32.2. The van der Waals surface area contributed by atoms with Crippen LogP contribution in [0.2, 0.25) is 0 Å². The van der Waals surface area contributed by atoms with Gasteiger partial charge in [-0.1, -0.05) is 6.92 Å². The molecule has 0 aromatic carbocycles. The molecule has 1 heterocycles. The van der Waals surface area contributed by atoms with Crippen LogP contribution in [0.5, 0.6) is 0 Å². The van der Waals surface area contributed by atoms with Crippen molar-refractivity contribution in [1.29, 1.82) is 0 Å². The average molecular weight is 250 g/mol. The lowest BCUT2D eigenvalue weighted by atomic mass is 10.0. The highest BCUT2D eigenvalue weighted by Crippen LogP contribution is 2.13. The number of rotatable bonds is 6. The SMILES string of the molecule is CCC(CN)S(=O)(=O)NCC1CCCOC1. The summed E-state index contributed by atoms with van der Waals surface area (Å²) in [6, 6.07) is 0. The van der Waals surface area contributed by atoms with Crippen LogP contribution in [0.15, 0.2) is 0 Å². The molecule has 5 nitrogen and oxygen atoms in total. The van der Waals surface area contributed by atoms with Crippen LogP contribution in [0.3, 0.4) is 0 Å². The van der Waals surface area contributed by atoms with Crippen molar-refractivity contribution in [3.63, 3.8) is 0 Å². The zero-order valence-corrected chi connectivity index (χ0v) is 10.6.